The number of nitrogens with zero attached hydrogens (tertiary/aromatic N) is 1. The fourth-order valence-corrected chi connectivity index (χ4v) is 2.64. The van der Waals surface area contributed by atoms with Gasteiger partial charge in [-0.15, -0.1) is 0 Å². The van der Waals surface area contributed by atoms with Gasteiger partial charge in [0.05, 0.1) is 23.9 Å². The van der Waals surface area contributed by atoms with Crippen LogP contribution in [0, 0.1) is 13.8 Å². The van der Waals surface area contributed by atoms with E-state index in [-0.39, 0.29) is 11.8 Å². The van der Waals surface area contributed by atoms with Crippen molar-refractivity contribution in [1.29, 1.82) is 0 Å². The molecule has 0 saturated carbocycles. The first kappa shape index (κ1) is 13.4. The van der Waals surface area contributed by atoms with Gasteiger partial charge in [0.15, 0.2) is 0 Å². The van der Waals surface area contributed by atoms with Gasteiger partial charge in [-0.3, -0.25) is 9.59 Å². The maximum absolute atomic E-state index is 12.6. The minimum atomic E-state index is -0.263. The van der Waals surface area contributed by atoms with Crippen LogP contribution in [0.15, 0.2) is 36.4 Å². The SMILES string of the molecule is COc1ccc(N2C(=O)c3c(C)ccc(C)c3C2=O)cc1. The highest BCUT2D eigenvalue weighted by molar-refractivity contribution is 6.35. The van der Waals surface area contributed by atoms with Gasteiger partial charge in [-0.05, 0) is 49.2 Å². The lowest BCUT2D eigenvalue weighted by molar-refractivity contribution is 0.0926. The fourth-order valence-electron chi connectivity index (χ4n) is 2.64. The van der Waals surface area contributed by atoms with Crippen LogP contribution >= 0.6 is 0 Å². The maximum atomic E-state index is 12.6. The van der Waals surface area contributed by atoms with Crippen molar-refractivity contribution in [3.63, 3.8) is 0 Å². The first-order valence-corrected chi connectivity index (χ1v) is 6.67. The van der Waals surface area contributed by atoms with Crippen molar-refractivity contribution in [2.24, 2.45) is 0 Å². The minimum absolute atomic E-state index is 0.263. The third-order valence-electron chi connectivity index (χ3n) is 3.79. The van der Waals surface area contributed by atoms with Gasteiger partial charge < -0.3 is 4.74 Å². The molecule has 0 fully saturated rings. The average Bonchev–Trinajstić information content (AvgIpc) is 2.76. The van der Waals surface area contributed by atoms with Gasteiger partial charge in [0.1, 0.15) is 5.75 Å². The summed E-state index contributed by atoms with van der Waals surface area (Å²) in [7, 11) is 1.57. The van der Waals surface area contributed by atoms with Crippen molar-refractivity contribution in [3.8, 4) is 5.75 Å². The summed E-state index contributed by atoms with van der Waals surface area (Å²) >= 11 is 0. The van der Waals surface area contributed by atoms with Crippen LogP contribution in [0.4, 0.5) is 5.69 Å². The molecule has 21 heavy (non-hydrogen) atoms. The van der Waals surface area contributed by atoms with Crippen LogP contribution in [0.1, 0.15) is 31.8 Å². The highest BCUT2D eigenvalue weighted by Crippen LogP contribution is 2.32. The van der Waals surface area contributed by atoms with Gasteiger partial charge in [-0.2, -0.15) is 0 Å². The lowest BCUT2D eigenvalue weighted by Gasteiger charge is -2.14. The molecular weight excluding hydrogens is 266 g/mol. The van der Waals surface area contributed by atoms with Crippen molar-refractivity contribution in [2.45, 2.75) is 13.8 Å². The molecule has 2 aromatic carbocycles. The summed E-state index contributed by atoms with van der Waals surface area (Å²) in [5, 5.41) is 0. The highest BCUT2D eigenvalue weighted by atomic mass is 16.5. The number of ether oxygens (including phenoxy) is 1. The predicted octanol–water partition coefficient (Wildman–Crippen LogP) is 3.11. The molecule has 0 spiro atoms. The van der Waals surface area contributed by atoms with Crippen LogP contribution in [0.25, 0.3) is 0 Å². The van der Waals surface area contributed by atoms with Gasteiger partial charge in [0, 0.05) is 0 Å². The van der Waals surface area contributed by atoms with Crippen molar-refractivity contribution >= 4 is 17.5 Å². The molecule has 1 heterocycles. The van der Waals surface area contributed by atoms with Crippen LogP contribution in [0.2, 0.25) is 0 Å². The number of carbonyl (C=O) groups excluding carboxylic acids is 2. The van der Waals surface area contributed by atoms with Crippen LogP contribution in [0.3, 0.4) is 0 Å². The number of amides is 2. The van der Waals surface area contributed by atoms with Crippen LogP contribution in [-0.2, 0) is 0 Å². The number of aryl methyl sites for hydroxylation is 2. The first-order chi connectivity index (χ1) is 10.0. The predicted molar refractivity (Wildman–Crippen MR) is 80.1 cm³/mol. The topological polar surface area (TPSA) is 46.6 Å². The number of anilines is 1. The van der Waals surface area contributed by atoms with E-state index < -0.39 is 0 Å². The molecule has 0 atom stereocenters. The number of methoxy groups -OCH3 is 1. The molecular formula is C17H15NO3. The standard InChI is InChI=1S/C17H15NO3/c1-10-4-5-11(2)15-14(10)16(19)18(17(15)20)12-6-8-13(21-3)9-7-12/h4-9H,1-3H3. The Balaban J connectivity index is 2.11. The summed E-state index contributed by atoms with van der Waals surface area (Å²) in [5.74, 6) is 0.158. The van der Waals surface area contributed by atoms with E-state index in [2.05, 4.69) is 0 Å². The monoisotopic (exact) mass is 281 g/mol. The summed E-state index contributed by atoms with van der Waals surface area (Å²) in [6, 6.07) is 10.6. The van der Waals surface area contributed by atoms with Crippen LogP contribution in [-0.4, -0.2) is 18.9 Å². The van der Waals surface area contributed by atoms with Gasteiger partial charge in [0.25, 0.3) is 11.8 Å². The summed E-state index contributed by atoms with van der Waals surface area (Å²) in [4.78, 5) is 26.4. The molecule has 0 aliphatic carbocycles. The second kappa shape index (κ2) is 4.74. The molecule has 2 amide bonds. The van der Waals surface area contributed by atoms with E-state index in [1.165, 1.54) is 4.90 Å². The van der Waals surface area contributed by atoms with E-state index in [1.54, 1.807) is 31.4 Å². The van der Waals surface area contributed by atoms with E-state index in [0.717, 1.165) is 11.1 Å². The summed E-state index contributed by atoms with van der Waals surface area (Å²) < 4.78 is 5.10. The second-order valence-electron chi connectivity index (χ2n) is 5.09. The number of fused-ring (bicyclic) bond motifs is 1. The number of carbonyl (C=O) groups is 2. The molecule has 1 aliphatic heterocycles. The number of rotatable bonds is 2. The quantitative estimate of drug-likeness (QED) is 0.795. The van der Waals surface area contributed by atoms with Crippen molar-refractivity contribution < 1.29 is 14.3 Å². The number of hydrogen-bond donors (Lipinski definition) is 0. The zero-order valence-corrected chi connectivity index (χ0v) is 12.1. The minimum Gasteiger partial charge on any atom is -0.497 e. The summed E-state index contributed by atoms with van der Waals surface area (Å²) in [6.45, 7) is 3.70. The molecule has 1 aliphatic rings. The third-order valence-corrected chi connectivity index (χ3v) is 3.79. The lowest BCUT2D eigenvalue weighted by Crippen LogP contribution is -2.29. The van der Waals surface area contributed by atoms with Crippen LogP contribution in [0.5, 0.6) is 5.75 Å². The highest BCUT2D eigenvalue weighted by Gasteiger charge is 2.38. The van der Waals surface area contributed by atoms with E-state index >= 15 is 0 Å². The van der Waals surface area contributed by atoms with Crippen molar-refractivity contribution in [3.05, 3.63) is 58.7 Å². The number of benzene rings is 2. The molecule has 4 nitrogen and oxygen atoms in total. The maximum Gasteiger partial charge on any atom is 0.266 e. The Labute approximate surface area is 123 Å². The Bertz CT molecular complexity index is 706. The van der Waals surface area contributed by atoms with Gasteiger partial charge >= 0.3 is 0 Å². The molecule has 4 heteroatoms. The normalized spacial score (nSPS) is 13.6. The van der Waals surface area contributed by atoms with E-state index in [0.29, 0.717) is 22.6 Å². The number of hydrogen-bond acceptors (Lipinski definition) is 3. The molecule has 0 aromatic heterocycles. The molecule has 2 aromatic rings. The summed E-state index contributed by atoms with van der Waals surface area (Å²) in [6.07, 6.45) is 0. The first-order valence-electron chi connectivity index (χ1n) is 6.67. The zero-order chi connectivity index (χ0) is 15.1. The Morgan fingerprint density at radius 2 is 1.29 bits per heavy atom. The molecule has 0 N–H and O–H groups in total. The lowest BCUT2D eigenvalue weighted by atomic mass is 9.99. The Kier molecular flexibility index (Phi) is 3.01. The van der Waals surface area contributed by atoms with E-state index in [9.17, 15) is 9.59 Å². The van der Waals surface area contributed by atoms with Crippen LogP contribution < -0.4 is 9.64 Å². The molecule has 0 radical (unpaired) electrons. The average molecular weight is 281 g/mol. The molecule has 3 rings (SSSR count). The smallest absolute Gasteiger partial charge is 0.266 e. The Morgan fingerprint density at radius 1 is 0.810 bits per heavy atom. The number of imide groups is 1. The van der Waals surface area contributed by atoms with E-state index in [4.69, 9.17) is 4.74 Å². The van der Waals surface area contributed by atoms with Crippen molar-refractivity contribution in [1.82, 2.24) is 0 Å². The van der Waals surface area contributed by atoms with Gasteiger partial charge in [-0.25, -0.2) is 4.90 Å². The molecule has 106 valence electrons. The third kappa shape index (κ3) is 1.91. The van der Waals surface area contributed by atoms with Crippen molar-refractivity contribution in [2.75, 3.05) is 12.0 Å². The van der Waals surface area contributed by atoms with Gasteiger partial charge in [-0.1, -0.05) is 12.1 Å². The molecule has 0 saturated heterocycles. The summed E-state index contributed by atoms with van der Waals surface area (Å²) in [5.41, 5.74) is 3.22. The van der Waals surface area contributed by atoms with E-state index in [1.807, 2.05) is 26.0 Å². The zero-order valence-electron chi connectivity index (χ0n) is 12.1. The molecule has 0 unspecified atom stereocenters. The Hall–Kier alpha value is -2.62. The van der Waals surface area contributed by atoms with Gasteiger partial charge in [0.2, 0.25) is 0 Å². The largest absolute Gasteiger partial charge is 0.497 e. The fraction of sp³-hybridized carbons (Fsp3) is 0.176. The second-order valence-corrected chi connectivity index (χ2v) is 5.09. The Morgan fingerprint density at radius 3 is 1.71 bits per heavy atom. The molecule has 0 bridgehead atoms.